The maximum Gasteiger partial charge on any atom is 0.228 e. The minimum Gasteiger partial charge on any atom is -0.398 e. The van der Waals surface area contributed by atoms with E-state index in [1.807, 2.05) is 0 Å². The van der Waals surface area contributed by atoms with E-state index in [4.69, 9.17) is 17.3 Å². The van der Waals surface area contributed by atoms with Crippen LogP contribution in [0.5, 0.6) is 0 Å². The average molecular weight is 287 g/mol. The molecule has 1 aliphatic heterocycles. The van der Waals surface area contributed by atoms with Crippen LogP contribution in [-0.4, -0.2) is 11.7 Å². The van der Waals surface area contributed by atoms with Gasteiger partial charge in [-0.2, -0.15) is 0 Å². The number of halogens is 1. The highest BCUT2D eigenvalue weighted by Crippen LogP contribution is 2.31. The highest BCUT2D eigenvalue weighted by atomic mass is 35.5. The summed E-state index contributed by atoms with van der Waals surface area (Å²) in [6.45, 7) is 0. The molecule has 0 bridgehead atoms. The summed E-state index contributed by atoms with van der Waals surface area (Å²) in [6.07, 6.45) is 0.261. The Morgan fingerprint density at radius 3 is 2.70 bits per heavy atom. The summed E-state index contributed by atoms with van der Waals surface area (Å²) in [4.78, 5) is 23.9. The third-order valence-corrected chi connectivity index (χ3v) is 3.58. The number of fused-ring (bicyclic) bond motifs is 1. The topological polar surface area (TPSA) is 72.2 Å². The van der Waals surface area contributed by atoms with Crippen LogP contribution in [0.1, 0.15) is 21.5 Å². The highest BCUT2D eigenvalue weighted by molar-refractivity contribution is 6.35. The van der Waals surface area contributed by atoms with Crippen molar-refractivity contribution in [3.63, 3.8) is 0 Å². The van der Waals surface area contributed by atoms with Gasteiger partial charge in [-0.3, -0.25) is 9.59 Å². The zero-order chi connectivity index (χ0) is 14.3. The van der Waals surface area contributed by atoms with E-state index >= 15 is 0 Å². The molecule has 2 aromatic carbocycles. The lowest BCUT2D eigenvalue weighted by molar-refractivity contribution is -0.115. The molecule has 1 aliphatic rings. The lowest BCUT2D eigenvalue weighted by atomic mass is 9.99. The summed E-state index contributed by atoms with van der Waals surface area (Å²) < 4.78 is 0. The van der Waals surface area contributed by atoms with Crippen LogP contribution in [0.15, 0.2) is 36.4 Å². The van der Waals surface area contributed by atoms with E-state index in [0.29, 0.717) is 27.5 Å². The van der Waals surface area contributed by atoms with Gasteiger partial charge in [0.05, 0.1) is 11.4 Å². The maximum atomic E-state index is 12.5. The van der Waals surface area contributed by atoms with Gasteiger partial charge in [0.25, 0.3) is 0 Å². The summed E-state index contributed by atoms with van der Waals surface area (Å²) in [5.41, 5.74) is 8.43. The lowest BCUT2D eigenvalue weighted by Crippen LogP contribution is -2.06. The van der Waals surface area contributed by atoms with Crippen molar-refractivity contribution in [1.29, 1.82) is 0 Å². The molecule has 0 fully saturated rings. The Morgan fingerprint density at radius 1 is 1.20 bits per heavy atom. The summed E-state index contributed by atoms with van der Waals surface area (Å²) in [5, 5.41) is 3.00. The molecule has 1 heterocycles. The Hall–Kier alpha value is -2.33. The van der Waals surface area contributed by atoms with Gasteiger partial charge in [-0.25, -0.2) is 0 Å². The van der Waals surface area contributed by atoms with Gasteiger partial charge in [-0.1, -0.05) is 23.7 Å². The van der Waals surface area contributed by atoms with Crippen molar-refractivity contribution in [2.24, 2.45) is 0 Å². The number of carbonyl (C=O) groups excluding carboxylic acids is 2. The van der Waals surface area contributed by atoms with E-state index in [1.165, 1.54) is 0 Å². The molecule has 100 valence electrons. The van der Waals surface area contributed by atoms with Crippen LogP contribution in [-0.2, 0) is 11.2 Å². The van der Waals surface area contributed by atoms with E-state index in [-0.39, 0.29) is 18.1 Å². The van der Waals surface area contributed by atoms with E-state index < -0.39 is 0 Å². The minimum atomic E-state index is -0.241. The van der Waals surface area contributed by atoms with Crippen LogP contribution >= 0.6 is 11.6 Å². The first kappa shape index (κ1) is 12.7. The number of hydrogen-bond donors (Lipinski definition) is 2. The zero-order valence-electron chi connectivity index (χ0n) is 10.4. The smallest absolute Gasteiger partial charge is 0.228 e. The predicted molar refractivity (Wildman–Crippen MR) is 78.1 cm³/mol. The van der Waals surface area contributed by atoms with Crippen LogP contribution in [0.2, 0.25) is 5.02 Å². The van der Waals surface area contributed by atoms with Crippen LogP contribution in [0.25, 0.3) is 0 Å². The molecule has 4 nitrogen and oxygen atoms in total. The van der Waals surface area contributed by atoms with Gasteiger partial charge >= 0.3 is 0 Å². The minimum absolute atomic E-state index is 0.0973. The van der Waals surface area contributed by atoms with E-state index in [0.717, 1.165) is 5.56 Å². The molecular formula is C15H11ClN2O2. The standard InChI is InChI=1S/C15H11ClN2O2/c16-11-7-13-8(6-14(19)18-13)5-10(11)15(20)9-3-1-2-4-12(9)17/h1-5,7H,6,17H2,(H,18,19). The molecule has 0 aliphatic carbocycles. The van der Waals surface area contributed by atoms with Crippen molar-refractivity contribution in [3.8, 4) is 0 Å². The van der Waals surface area contributed by atoms with Crippen LogP contribution in [0.3, 0.4) is 0 Å². The molecule has 0 aromatic heterocycles. The molecule has 0 saturated heterocycles. The molecule has 0 spiro atoms. The highest BCUT2D eigenvalue weighted by Gasteiger charge is 2.23. The van der Waals surface area contributed by atoms with Crippen molar-refractivity contribution in [2.75, 3.05) is 11.1 Å². The number of para-hydroxylation sites is 1. The first-order chi connectivity index (χ1) is 9.56. The number of hydrogen-bond acceptors (Lipinski definition) is 3. The number of nitrogen functional groups attached to an aromatic ring is 1. The normalized spacial score (nSPS) is 12.9. The number of amides is 1. The number of anilines is 2. The predicted octanol–water partition coefficient (Wildman–Crippen LogP) is 2.65. The van der Waals surface area contributed by atoms with Gasteiger partial charge in [0, 0.05) is 22.5 Å². The zero-order valence-corrected chi connectivity index (χ0v) is 11.2. The molecule has 0 saturated carbocycles. The van der Waals surface area contributed by atoms with Crippen molar-refractivity contribution in [1.82, 2.24) is 0 Å². The number of benzene rings is 2. The van der Waals surface area contributed by atoms with Gasteiger partial charge in [0.1, 0.15) is 0 Å². The van der Waals surface area contributed by atoms with Crippen molar-refractivity contribution in [3.05, 3.63) is 58.1 Å². The molecular weight excluding hydrogens is 276 g/mol. The molecule has 0 atom stereocenters. The fraction of sp³-hybridized carbons (Fsp3) is 0.0667. The number of ketones is 1. The second-order valence-corrected chi connectivity index (χ2v) is 5.04. The Balaban J connectivity index is 2.08. The SMILES string of the molecule is Nc1ccccc1C(=O)c1cc2c(cc1Cl)NC(=O)C2. The van der Waals surface area contributed by atoms with E-state index in [9.17, 15) is 9.59 Å². The summed E-state index contributed by atoms with van der Waals surface area (Å²) in [6, 6.07) is 10.1. The summed E-state index contributed by atoms with van der Waals surface area (Å²) in [5.74, 6) is -0.338. The number of nitrogens with two attached hydrogens (primary N) is 1. The van der Waals surface area contributed by atoms with Gasteiger partial charge < -0.3 is 11.1 Å². The number of rotatable bonds is 2. The molecule has 3 N–H and O–H groups in total. The first-order valence-corrected chi connectivity index (χ1v) is 6.45. The van der Waals surface area contributed by atoms with Crippen LogP contribution in [0.4, 0.5) is 11.4 Å². The molecule has 0 unspecified atom stereocenters. The number of carbonyl (C=O) groups is 2. The van der Waals surface area contributed by atoms with Crippen LogP contribution < -0.4 is 11.1 Å². The second-order valence-electron chi connectivity index (χ2n) is 4.63. The summed E-state index contributed by atoms with van der Waals surface area (Å²) >= 11 is 6.14. The molecule has 3 rings (SSSR count). The monoisotopic (exact) mass is 286 g/mol. The molecule has 20 heavy (non-hydrogen) atoms. The van der Waals surface area contributed by atoms with Gasteiger partial charge in [-0.05, 0) is 29.8 Å². The largest absolute Gasteiger partial charge is 0.398 e. The lowest BCUT2D eigenvalue weighted by Gasteiger charge is -2.08. The maximum absolute atomic E-state index is 12.5. The van der Waals surface area contributed by atoms with Crippen molar-refractivity contribution >= 4 is 34.7 Å². The van der Waals surface area contributed by atoms with Crippen molar-refractivity contribution < 1.29 is 9.59 Å². The third kappa shape index (κ3) is 2.04. The van der Waals surface area contributed by atoms with Crippen LogP contribution in [0, 0.1) is 0 Å². The molecule has 2 aromatic rings. The Morgan fingerprint density at radius 2 is 1.95 bits per heavy atom. The molecule has 1 amide bonds. The Labute approximate surface area is 120 Å². The van der Waals surface area contributed by atoms with E-state index in [1.54, 1.807) is 36.4 Å². The second kappa shape index (κ2) is 4.65. The molecule has 5 heteroatoms. The summed E-state index contributed by atoms with van der Waals surface area (Å²) in [7, 11) is 0. The molecule has 0 radical (unpaired) electrons. The van der Waals surface area contributed by atoms with E-state index in [2.05, 4.69) is 5.32 Å². The Bertz CT molecular complexity index is 741. The quantitative estimate of drug-likeness (QED) is 0.658. The van der Waals surface area contributed by atoms with Gasteiger partial charge in [-0.15, -0.1) is 0 Å². The first-order valence-electron chi connectivity index (χ1n) is 6.08. The average Bonchev–Trinajstić information content (AvgIpc) is 2.76. The fourth-order valence-corrected chi connectivity index (χ4v) is 2.52. The van der Waals surface area contributed by atoms with Gasteiger partial charge in [0.15, 0.2) is 5.78 Å². The Kier molecular flexibility index (Phi) is 2.95. The van der Waals surface area contributed by atoms with Gasteiger partial charge in [0.2, 0.25) is 5.91 Å². The number of nitrogens with one attached hydrogen (secondary N) is 1. The fourth-order valence-electron chi connectivity index (χ4n) is 2.27. The van der Waals surface area contributed by atoms with Crippen molar-refractivity contribution in [2.45, 2.75) is 6.42 Å². The third-order valence-electron chi connectivity index (χ3n) is 3.27.